The summed E-state index contributed by atoms with van der Waals surface area (Å²) in [6.07, 6.45) is 1.92. The Hall–Kier alpha value is -2.23. The van der Waals surface area contributed by atoms with Gasteiger partial charge in [-0.25, -0.2) is 4.39 Å². The molecule has 0 unspecified atom stereocenters. The van der Waals surface area contributed by atoms with Crippen molar-refractivity contribution in [2.24, 2.45) is 4.99 Å². The summed E-state index contributed by atoms with van der Waals surface area (Å²) in [5.41, 5.74) is 2.43. The monoisotopic (exact) mass is 454 g/mol. The van der Waals surface area contributed by atoms with Crippen molar-refractivity contribution < 1.29 is 4.39 Å². The maximum Gasteiger partial charge on any atom is 0.191 e. The summed E-state index contributed by atoms with van der Waals surface area (Å²) in [5, 5.41) is 14.7. The van der Waals surface area contributed by atoms with Gasteiger partial charge >= 0.3 is 0 Å². The second-order valence-electron chi connectivity index (χ2n) is 5.41. The van der Waals surface area contributed by atoms with Crippen LogP contribution in [0.3, 0.4) is 0 Å². The third-order valence-corrected chi connectivity index (χ3v) is 3.70. The molecule has 0 saturated heterocycles. The maximum atomic E-state index is 13.3. The molecule has 0 saturated carbocycles. The minimum absolute atomic E-state index is 0. The highest BCUT2D eigenvalue weighted by Crippen LogP contribution is 2.09. The smallest absolute Gasteiger partial charge is 0.191 e. The third kappa shape index (κ3) is 4.65. The molecule has 25 heavy (non-hydrogen) atoms. The predicted molar refractivity (Wildman–Crippen MR) is 107 cm³/mol. The average Bonchev–Trinajstić information content (AvgIpc) is 3.01. The molecule has 8 heteroatoms. The van der Waals surface area contributed by atoms with Gasteiger partial charge in [0.15, 0.2) is 17.4 Å². The van der Waals surface area contributed by atoms with Gasteiger partial charge in [0.2, 0.25) is 0 Å². The van der Waals surface area contributed by atoms with Crippen LogP contribution in [0.2, 0.25) is 0 Å². The summed E-state index contributed by atoms with van der Waals surface area (Å²) in [5.74, 6) is 1.25. The van der Waals surface area contributed by atoms with Crippen molar-refractivity contribution in [2.75, 3.05) is 7.05 Å². The lowest BCUT2D eigenvalue weighted by Crippen LogP contribution is -2.36. The Balaban J connectivity index is 0.00000225. The van der Waals surface area contributed by atoms with E-state index in [9.17, 15) is 4.39 Å². The number of halogens is 2. The van der Waals surface area contributed by atoms with Crippen LogP contribution in [0.15, 0.2) is 47.6 Å². The average molecular weight is 454 g/mol. The molecule has 2 N–H and O–H groups in total. The molecule has 3 rings (SSSR count). The van der Waals surface area contributed by atoms with Crippen LogP contribution in [-0.2, 0) is 13.1 Å². The van der Waals surface area contributed by atoms with Crippen molar-refractivity contribution in [1.29, 1.82) is 0 Å². The lowest BCUT2D eigenvalue weighted by atomic mass is 10.1. The van der Waals surface area contributed by atoms with E-state index in [0.29, 0.717) is 24.6 Å². The van der Waals surface area contributed by atoms with Crippen molar-refractivity contribution in [3.05, 3.63) is 65.4 Å². The van der Waals surface area contributed by atoms with E-state index in [1.807, 2.05) is 34.9 Å². The summed E-state index contributed by atoms with van der Waals surface area (Å²) in [6, 6.07) is 10.8. The zero-order valence-electron chi connectivity index (χ0n) is 14.0. The van der Waals surface area contributed by atoms with Crippen LogP contribution < -0.4 is 10.6 Å². The van der Waals surface area contributed by atoms with E-state index in [0.717, 1.165) is 17.0 Å². The van der Waals surface area contributed by atoms with Crippen LogP contribution in [0.5, 0.6) is 0 Å². The van der Waals surface area contributed by atoms with E-state index in [2.05, 4.69) is 25.8 Å². The number of hydrogen-bond donors (Lipinski definition) is 2. The molecule has 6 nitrogen and oxygen atoms in total. The number of fused-ring (bicyclic) bond motifs is 1. The summed E-state index contributed by atoms with van der Waals surface area (Å²) in [7, 11) is 1.70. The van der Waals surface area contributed by atoms with E-state index >= 15 is 0 Å². The number of rotatable bonds is 4. The molecule has 0 bridgehead atoms. The number of guanidine groups is 1. The fourth-order valence-electron chi connectivity index (χ4n) is 2.40. The quantitative estimate of drug-likeness (QED) is 0.362. The first-order chi connectivity index (χ1) is 11.7. The number of nitrogens with one attached hydrogen (secondary N) is 2. The topological polar surface area (TPSA) is 66.6 Å². The van der Waals surface area contributed by atoms with Gasteiger partial charge in [0, 0.05) is 19.8 Å². The predicted octanol–water partition coefficient (Wildman–Crippen LogP) is 2.66. The Morgan fingerprint density at radius 1 is 1.16 bits per heavy atom. The van der Waals surface area contributed by atoms with E-state index in [4.69, 9.17) is 0 Å². The Labute approximate surface area is 162 Å². The molecule has 0 radical (unpaired) electrons. The SMILES string of the molecule is CN=C(NCc1ccc(F)c(C)c1)NCc1nnc2ccccn12.I. The fraction of sp³-hybridized carbons (Fsp3) is 0.235. The van der Waals surface area contributed by atoms with E-state index in [-0.39, 0.29) is 29.8 Å². The molecular weight excluding hydrogens is 434 g/mol. The number of aryl methyl sites for hydroxylation is 1. The molecule has 0 amide bonds. The maximum absolute atomic E-state index is 13.3. The van der Waals surface area contributed by atoms with Crippen LogP contribution in [0.4, 0.5) is 4.39 Å². The summed E-state index contributed by atoms with van der Waals surface area (Å²) >= 11 is 0. The van der Waals surface area contributed by atoms with Crippen molar-refractivity contribution in [1.82, 2.24) is 25.2 Å². The molecule has 0 spiro atoms. The zero-order chi connectivity index (χ0) is 16.9. The zero-order valence-corrected chi connectivity index (χ0v) is 16.4. The molecule has 2 aromatic heterocycles. The first kappa shape index (κ1) is 19.1. The molecular formula is C17H20FIN6. The van der Waals surface area contributed by atoms with E-state index in [1.54, 1.807) is 20.0 Å². The Bertz CT molecular complexity index is 876. The molecule has 2 heterocycles. The van der Waals surface area contributed by atoms with Gasteiger partial charge in [-0.15, -0.1) is 34.2 Å². The van der Waals surface area contributed by atoms with Gasteiger partial charge in [0.05, 0.1) is 6.54 Å². The number of aromatic nitrogens is 3. The highest BCUT2D eigenvalue weighted by atomic mass is 127. The van der Waals surface area contributed by atoms with Gasteiger partial charge in [-0.3, -0.25) is 9.39 Å². The number of pyridine rings is 1. The Morgan fingerprint density at radius 2 is 1.96 bits per heavy atom. The van der Waals surface area contributed by atoms with E-state index < -0.39 is 0 Å². The largest absolute Gasteiger partial charge is 0.352 e. The Kier molecular flexibility index (Phi) is 6.68. The molecule has 0 aliphatic carbocycles. The number of benzene rings is 1. The van der Waals surface area contributed by atoms with Crippen LogP contribution >= 0.6 is 24.0 Å². The Morgan fingerprint density at radius 3 is 2.72 bits per heavy atom. The summed E-state index contributed by atoms with van der Waals surface area (Å²) in [4.78, 5) is 4.19. The van der Waals surface area contributed by atoms with E-state index in [1.165, 1.54) is 6.07 Å². The molecule has 0 aliphatic rings. The highest BCUT2D eigenvalue weighted by molar-refractivity contribution is 14.0. The first-order valence-electron chi connectivity index (χ1n) is 7.65. The lowest BCUT2D eigenvalue weighted by molar-refractivity contribution is 0.617. The van der Waals surface area contributed by atoms with Crippen LogP contribution in [-0.4, -0.2) is 27.6 Å². The second kappa shape index (κ2) is 8.75. The molecule has 0 atom stereocenters. The molecule has 1 aromatic carbocycles. The fourth-order valence-corrected chi connectivity index (χ4v) is 2.40. The van der Waals surface area contributed by atoms with Gasteiger partial charge in [-0.05, 0) is 36.2 Å². The minimum Gasteiger partial charge on any atom is -0.352 e. The third-order valence-electron chi connectivity index (χ3n) is 3.70. The molecule has 132 valence electrons. The minimum atomic E-state index is -0.194. The van der Waals surface area contributed by atoms with Crippen LogP contribution in [0.1, 0.15) is 17.0 Å². The molecule has 0 aliphatic heterocycles. The first-order valence-corrected chi connectivity index (χ1v) is 7.65. The van der Waals surface area contributed by atoms with Crippen molar-refractivity contribution >= 4 is 35.6 Å². The summed E-state index contributed by atoms with van der Waals surface area (Å²) in [6.45, 7) is 2.80. The van der Waals surface area contributed by atoms with Gasteiger partial charge in [0.1, 0.15) is 5.82 Å². The second-order valence-corrected chi connectivity index (χ2v) is 5.41. The van der Waals surface area contributed by atoms with Crippen LogP contribution in [0.25, 0.3) is 5.65 Å². The van der Waals surface area contributed by atoms with Gasteiger partial charge < -0.3 is 10.6 Å². The van der Waals surface area contributed by atoms with Gasteiger partial charge in [-0.1, -0.05) is 18.2 Å². The molecule has 3 aromatic rings. The van der Waals surface area contributed by atoms with Crippen LogP contribution in [0, 0.1) is 12.7 Å². The lowest BCUT2D eigenvalue weighted by Gasteiger charge is -2.11. The van der Waals surface area contributed by atoms with Crippen molar-refractivity contribution in [3.63, 3.8) is 0 Å². The number of nitrogens with zero attached hydrogens (tertiary/aromatic N) is 4. The number of hydrogen-bond acceptors (Lipinski definition) is 3. The normalized spacial score (nSPS) is 11.2. The van der Waals surface area contributed by atoms with Gasteiger partial charge in [-0.2, -0.15) is 0 Å². The molecule has 0 fully saturated rings. The highest BCUT2D eigenvalue weighted by Gasteiger charge is 2.06. The van der Waals surface area contributed by atoms with Gasteiger partial charge in [0.25, 0.3) is 0 Å². The summed E-state index contributed by atoms with van der Waals surface area (Å²) < 4.78 is 15.2. The standard InChI is InChI=1S/C17H19FN6.HI/c1-12-9-13(6-7-14(12)18)10-20-17(19-2)21-11-16-23-22-15-5-3-4-8-24(15)16;/h3-9H,10-11H2,1-2H3,(H2,19,20,21);1H. The van der Waals surface area contributed by atoms with Crippen molar-refractivity contribution in [3.8, 4) is 0 Å². The number of aliphatic imine (C=N–C) groups is 1. The van der Waals surface area contributed by atoms with Crippen molar-refractivity contribution in [2.45, 2.75) is 20.0 Å².